The van der Waals surface area contributed by atoms with Gasteiger partial charge in [-0.25, -0.2) is 4.79 Å². The number of amides is 2. The molecule has 4 aromatic carbocycles. The van der Waals surface area contributed by atoms with Crippen molar-refractivity contribution in [2.24, 2.45) is 0 Å². The average molecular weight is 543 g/mol. The molecule has 0 spiro atoms. The zero-order valence-corrected chi connectivity index (χ0v) is 21.9. The third kappa shape index (κ3) is 6.30. The second-order valence-electron chi connectivity index (χ2n) is 8.32. The van der Waals surface area contributed by atoms with E-state index < -0.39 is 17.8 Å². The Balaban J connectivity index is 1.73. The van der Waals surface area contributed by atoms with Crippen LogP contribution in [0.25, 0.3) is 0 Å². The fraction of sp³-hybridized carbons (Fsp3) is 0.100. The lowest BCUT2D eigenvalue weighted by Crippen LogP contribution is -2.17. The first-order valence-electron chi connectivity index (χ1n) is 12.0. The van der Waals surface area contributed by atoms with Gasteiger partial charge in [-0.05, 0) is 78.9 Å². The largest absolute Gasteiger partial charge is 0.497 e. The summed E-state index contributed by atoms with van der Waals surface area (Å²) >= 11 is 0. The zero-order chi connectivity index (χ0) is 28.6. The van der Waals surface area contributed by atoms with Crippen LogP contribution in [-0.4, -0.2) is 44.2 Å². The van der Waals surface area contributed by atoms with Gasteiger partial charge in [-0.15, -0.1) is 0 Å². The molecule has 10 heteroatoms. The normalized spacial score (nSPS) is 10.3. The zero-order valence-electron chi connectivity index (χ0n) is 21.9. The predicted octanol–water partition coefficient (Wildman–Crippen LogP) is 5.71. The monoisotopic (exact) mass is 542 g/mol. The maximum absolute atomic E-state index is 13.2. The summed E-state index contributed by atoms with van der Waals surface area (Å²) in [6.07, 6.45) is 0. The highest BCUT2D eigenvalue weighted by Crippen LogP contribution is 2.40. The Morgan fingerprint density at radius 3 is 1.68 bits per heavy atom. The fourth-order valence-electron chi connectivity index (χ4n) is 3.72. The van der Waals surface area contributed by atoms with Crippen molar-refractivity contribution >= 4 is 29.2 Å². The molecule has 0 bridgehead atoms. The average Bonchev–Trinajstić information content (AvgIpc) is 2.98. The number of hydrogen-bond acceptors (Lipinski definition) is 7. The highest BCUT2D eigenvalue weighted by Gasteiger charge is 2.19. The molecule has 10 nitrogen and oxygen atoms in total. The van der Waals surface area contributed by atoms with E-state index in [9.17, 15) is 19.5 Å². The minimum Gasteiger partial charge on any atom is -0.497 e. The Kier molecular flexibility index (Phi) is 8.50. The number of carbonyl (C=O) groups excluding carboxylic acids is 2. The van der Waals surface area contributed by atoms with Crippen molar-refractivity contribution in [2.45, 2.75) is 0 Å². The van der Waals surface area contributed by atoms with Crippen LogP contribution in [-0.2, 0) is 0 Å². The molecule has 0 unspecified atom stereocenters. The molecule has 3 N–H and O–H groups in total. The van der Waals surface area contributed by atoms with E-state index in [1.54, 1.807) is 66.7 Å². The van der Waals surface area contributed by atoms with Gasteiger partial charge in [0.2, 0.25) is 0 Å². The molecule has 0 aliphatic heterocycles. The lowest BCUT2D eigenvalue weighted by atomic mass is 10.1. The number of nitrogens with one attached hydrogen (secondary N) is 2. The van der Waals surface area contributed by atoms with Crippen molar-refractivity contribution in [1.82, 2.24) is 0 Å². The topological polar surface area (TPSA) is 132 Å². The van der Waals surface area contributed by atoms with Crippen molar-refractivity contribution in [3.63, 3.8) is 0 Å². The third-order valence-electron chi connectivity index (χ3n) is 5.85. The Morgan fingerprint density at radius 1 is 0.600 bits per heavy atom. The van der Waals surface area contributed by atoms with Gasteiger partial charge in [0, 0.05) is 11.1 Å². The van der Waals surface area contributed by atoms with Gasteiger partial charge in [-0.1, -0.05) is 6.07 Å². The molecule has 4 rings (SSSR count). The lowest BCUT2D eigenvalue weighted by Gasteiger charge is -2.18. The van der Waals surface area contributed by atoms with Crippen molar-refractivity contribution in [2.75, 3.05) is 32.0 Å². The van der Waals surface area contributed by atoms with Crippen LogP contribution < -0.4 is 29.6 Å². The Morgan fingerprint density at radius 2 is 1.15 bits per heavy atom. The quantitative estimate of drug-likeness (QED) is 0.232. The second-order valence-corrected chi connectivity index (χ2v) is 8.32. The molecule has 2 amide bonds. The Bertz CT molecular complexity index is 1530. The number of para-hydroxylation sites is 1. The fourth-order valence-corrected chi connectivity index (χ4v) is 3.72. The van der Waals surface area contributed by atoms with Crippen molar-refractivity contribution in [1.29, 1.82) is 0 Å². The molecule has 0 aliphatic carbocycles. The number of aromatic carboxylic acids is 1. The molecule has 0 fully saturated rings. The van der Waals surface area contributed by atoms with Gasteiger partial charge in [0.1, 0.15) is 17.2 Å². The highest BCUT2D eigenvalue weighted by atomic mass is 16.5. The first kappa shape index (κ1) is 27.5. The number of carboxylic acids is 1. The van der Waals surface area contributed by atoms with Crippen LogP contribution in [0.3, 0.4) is 0 Å². The summed E-state index contributed by atoms with van der Waals surface area (Å²) in [5.74, 6) is -0.396. The molecule has 4 aromatic rings. The summed E-state index contributed by atoms with van der Waals surface area (Å²) < 4.78 is 21.7. The van der Waals surface area contributed by atoms with Crippen LogP contribution in [0.1, 0.15) is 31.1 Å². The predicted molar refractivity (Wildman–Crippen MR) is 148 cm³/mol. The number of anilines is 2. The number of ether oxygens (including phenoxy) is 4. The molecule has 0 aliphatic rings. The van der Waals surface area contributed by atoms with Crippen LogP contribution in [0, 0.1) is 0 Å². The summed E-state index contributed by atoms with van der Waals surface area (Å²) in [4.78, 5) is 37.9. The number of carbonyl (C=O) groups is 3. The molecule has 0 heterocycles. The summed E-state index contributed by atoms with van der Waals surface area (Å²) in [5, 5.41) is 15.1. The molecule has 0 aromatic heterocycles. The Hall–Kier alpha value is -5.51. The second kappa shape index (κ2) is 12.4. The van der Waals surface area contributed by atoms with E-state index in [0.29, 0.717) is 22.6 Å². The summed E-state index contributed by atoms with van der Waals surface area (Å²) in [6.45, 7) is 0. The molecule has 40 heavy (non-hydrogen) atoms. The first-order valence-corrected chi connectivity index (χ1v) is 12.0. The van der Waals surface area contributed by atoms with Gasteiger partial charge in [-0.2, -0.15) is 0 Å². The lowest BCUT2D eigenvalue weighted by molar-refractivity contribution is 0.0696. The number of benzene rings is 4. The number of carboxylic acid groups (broad SMARTS) is 1. The summed E-state index contributed by atoms with van der Waals surface area (Å²) in [6, 6.07) is 21.9. The summed E-state index contributed by atoms with van der Waals surface area (Å²) in [7, 11) is 4.47. The van der Waals surface area contributed by atoms with E-state index in [0.717, 1.165) is 0 Å². The van der Waals surface area contributed by atoms with Crippen LogP contribution >= 0.6 is 0 Å². The third-order valence-corrected chi connectivity index (χ3v) is 5.85. The van der Waals surface area contributed by atoms with Crippen LogP contribution in [0.5, 0.6) is 28.7 Å². The van der Waals surface area contributed by atoms with E-state index in [1.807, 2.05) is 0 Å². The maximum Gasteiger partial charge on any atom is 0.335 e. The SMILES string of the molecule is COc1ccc(C(=O)Nc2cccc(Oc3cc(C(=O)O)ccc3OC)c2NC(=O)c2ccc(OC)cc2)cc1. The highest BCUT2D eigenvalue weighted by molar-refractivity contribution is 6.11. The van der Waals surface area contributed by atoms with Crippen molar-refractivity contribution in [3.8, 4) is 28.7 Å². The maximum atomic E-state index is 13.2. The molecule has 0 saturated carbocycles. The van der Waals surface area contributed by atoms with Crippen LogP contribution in [0.4, 0.5) is 11.4 Å². The molecule has 0 saturated heterocycles. The van der Waals surface area contributed by atoms with E-state index in [4.69, 9.17) is 18.9 Å². The van der Waals surface area contributed by atoms with Gasteiger partial charge >= 0.3 is 5.97 Å². The van der Waals surface area contributed by atoms with Gasteiger partial charge in [0.05, 0.1) is 32.6 Å². The van der Waals surface area contributed by atoms with E-state index >= 15 is 0 Å². The molecular formula is C30H26N2O8. The van der Waals surface area contributed by atoms with Crippen molar-refractivity contribution in [3.05, 3.63) is 102 Å². The van der Waals surface area contributed by atoms with Crippen LogP contribution in [0.2, 0.25) is 0 Å². The smallest absolute Gasteiger partial charge is 0.335 e. The number of rotatable bonds is 10. The van der Waals surface area contributed by atoms with Gasteiger partial charge in [-0.3, -0.25) is 9.59 Å². The minimum absolute atomic E-state index is 0.0245. The van der Waals surface area contributed by atoms with Gasteiger partial charge in [0.25, 0.3) is 11.8 Å². The Labute approximate surface area is 230 Å². The molecule has 204 valence electrons. The first-order chi connectivity index (χ1) is 19.3. The minimum atomic E-state index is -1.15. The number of methoxy groups -OCH3 is 3. The molecule has 0 atom stereocenters. The van der Waals surface area contributed by atoms with E-state index in [2.05, 4.69) is 10.6 Å². The standard InChI is InChI=1S/C30H26N2O8/c1-37-21-12-7-18(8-13-21)28(33)31-23-5-4-6-25(40-26-17-20(30(35)36)11-16-24(26)39-3)27(23)32-29(34)19-9-14-22(38-2)15-10-19/h4-17H,1-3H3,(H,31,33)(H,32,34)(H,35,36). The number of hydrogen-bond donors (Lipinski definition) is 3. The van der Waals surface area contributed by atoms with E-state index in [-0.39, 0.29) is 34.2 Å². The summed E-state index contributed by atoms with van der Waals surface area (Å²) in [5.41, 5.74) is 1.05. The van der Waals surface area contributed by atoms with Crippen molar-refractivity contribution < 1.29 is 38.4 Å². The molecule has 0 radical (unpaired) electrons. The molecular weight excluding hydrogens is 516 g/mol. The van der Waals surface area contributed by atoms with Crippen LogP contribution in [0.15, 0.2) is 84.9 Å². The van der Waals surface area contributed by atoms with Gasteiger partial charge < -0.3 is 34.7 Å². The van der Waals surface area contributed by atoms with Gasteiger partial charge in [0.15, 0.2) is 17.2 Å². The van der Waals surface area contributed by atoms with E-state index in [1.165, 1.54) is 39.5 Å².